The molecule has 0 unspecified atom stereocenters. The molecule has 3 heteroatoms. The van der Waals surface area contributed by atoms with Gasteiger partial charge in [0.25, 0.3) is 0 Å². The van der Waals surface area contributed by atoms with Gasteiger partial charge in [0.15, 0.2) is 0 Å². The van der Waals surface area contributed by atoms with E-state index in [9.17, 15) is 0 Å². The third-order valence-corrected chi connectivity index (χ3v) is 4.07. The van der Waals surface area contributed by atoms with Gasteiger partial charge in [-0.3, -0.25) is 0 Å². The first-order chi connectivity index (χ1) is 10.3. The minimum atomic E-state index is -0.100. The largest absolute Gasteiger partial charge is 0.489 e. The Balaban J connectivity index is 1.71. The first-order valence-electron chi connectivity index (χ1n) is 6.87. The van der Waals surface area contributed by atoms with Gasteiger partial charge in [0.2, 0.25) is 0 Å². The average molecular weight is 295 g/mol. The summed E-state index contributed by atoms with van der Waals surface area (Å²) in [7, 11) is 0. The Morgan fingerprint density at radius 2 is 1.81 bits per heavy atom. The minimum absolute atomic E-state index is 0.100. The molecule has 2 nitrogen and oxygen atoms in total. The van der Waals surface area contributed by atoms with E-state index >= 15 is 0 Å². The van der Waals surface area contributed by atoms with E-state index in [1.54, 1.807) is 11.3 Å². The fraction of sp³-hybridized carbons (Fsp3) is 0.111. The second-order valence-corrected chi connectivity index (χ2v) is 5.66. The summed E-state index contributed by atoms with van der Waals surface area (Å²) in [6.07, 6.45) is 0. The van der Waals surface area contributed by atoms with Gasteiger partial charge in [-0.15, -0.1) is 0 Å². The molecule has 3 aromatic rings. The smallest absolute Gasteiger partial charge is 0.120 e. The van der Waals surface area contributed by atoms with Crippen molar-refractivity contribution in [2.75, 3.05) is 0 Å². The molecule has 0 spiro atoms. The number of hydrogen-bond donors (Lipinski definition) is 1. The molecule has 2 N–H and O–H groups in total. The van der Waals surface area contributed by atoms with E-state index in [-0.39, 0.29) is 6.04 Å². The van der Waals surface area contributed by atoms with Crippen molar-refractivity contribution < 1.29 is 4.74 Å². The van der Waals surface area contributed by atoms with Crippen LogP contribution in [0, 0.1) is 0 Å². The number of thiophene rings is 1. The van der Waals surface area contributed by atoms with Gasteiger partial charge in [0.1, 0.15) is 12.4 Å². The molecule has 2 aromatic carbocycles. The van der Waals surface area contributed by atoms with Gasteiger partial charge in [-0.05, 0) is 45.6 Å². The lowest BCUT2D eigenvalue weighted by Gasteiger charge is -2.13. The summed E-state index contributed by atoms with van der Waals surface area (Å²) < 4.78 is 5.85. The predicted octanol–water partition coefficient (Wildman–Crippen LogP) is 4.38. The van der Waals surface area contributed by atoms with Crippen LogP contribution in [0.2, 0.25) is 0 Å². The average Bonchev–Trinajstić information content (AvgIpc) is 3.08. The van der Waals surface area contributed by atoms with Gasteiger partial charge in [-0.1, -0.05) is 42.5 Å². The molecule has 3 rings (SSSR count). The van der Waals surface area contributed by atoms with E-state index in [1.165, 1.54) is 0 Å². The highest BCUT2D eigenvalue weighted by Crippen LogP contribution is 2.25. The second kappa shape index (κ2) is 6.57. The monoisotopic (exact) mass is 295 g/mol. The lowest BCUT2D eigenvalue weighted by molar-refractivity contribution is 0.306. The normalized spacial score (nSPS) is 12.0. The third kappa shape index (κ3) is 3.51. The maximum Gasteiger partial charge on any atom is 0.120 e. The molecule has 0 aliphatic heterocycles. The van der Waals surface area contributed by atoms with Crippen molar-refractivity contribution in [2.45, 2.75) is 12.6 Å². The second-order valence-electron chi connectivity index (χ2n) is 4.88. The highest BCUT2D eigenvalue weighted by atomic mass is 32.1. The molecule has 0 amide bonds. The zero-order valence-electron chi connectivity index (χ0n) is 11.6. The number of nitrogens with two attached hydrogens (primary N) is 1. The minimum Gasteiger partial charge on any atom is -0.489 e. The molecule has 0 saturated carbocycles. The SMILES string of the molecule is N[C@@H](c1ccsc1)c1cccc(OCc2ccccc2)c1. The third-order valence-electron chi connectivity index (χ3n) is 3.37. The topological polar surface area (TPSA) is 35.2 Å². The van der Waals surface area contributed by atoms with Crippen LogP contribution in [-0.4, -0.2) is 0 Å². The summed E-state index contributed by atoms with van der Waals surface area (Å²) in [5.41, 5.74) is 9.65. The zero-order chi connectivity index (χ0) is 14.5. The van der Waals surface area contributed by atoms with Crippen molar-refractivity contribution in [2.24, 2.45) is 5.73 Å². The van der Waals surface area contributed by atoms with E-state index in [4.69, 9.17) is 10.5 Å². The molecule has 0 radical (unpaired) electrons. The number of ether oxygens (including phenoxy) is 1. The molecule has 1 heterocycles. The maximum atomic E-state index is 6.29. The Bertz CT molecular complexity index is 679. The predicted molar refractivity (Wildman–Crippen MR) is 87.6 cm³/mol. The summed E-state index contributed by atoms with van der Waals surface area (Å²) in [4.78, 5) is 0. The van der Waals surface area contributed by atoms with Crippen LogP contribution in [-0.2, 0) is 6.61 Å². The number of hydrogen-bond acceptors (Lipinski definition) is 3. The van der Waals surface area contributed by atoms with Crippen molar-refractivity contribution >= 4 is 11.3 Å². The van der Waals surface area contributed by atoms with Gasteiger partial charge in [-0.25, -0.2) is 0 Å². The van der Waals surface area contributed by atoms with E-state index in [2.05, 4.69) is 23.6 Å². The first kappa shape index (κ1) is 13.9. The summed E-state index contributed by atoms with van der Waals surface area (Å²) in [6, 6.07) is 20.1. The standard InChI is InChI=1S/C18H17NOS/c19-18(16-9-10-21-13-16)15-7-4-8-17(11-15)20-12-14-5-2-1-3-6-14/h1-11,13,18H,12,19H2/t18-/m1/s1. The van der Waals surface area contributed by atoms with E-state index < -0.39 is 0 Å². The van der Waals surface area contributed by atoms with Crippen LogP contribution in [0.15, 0.2) is 71.4 Å². The maximum absolute atomic E-state index is 6.29. The summed E-state index contributed by atoms with van der Waals surface area (Å²) in [6.45, 7) is 0.567. The molecule has 21 heavy (non-hydrogen) atoms. The molecule has 0 aliphatic rings. The van der Waals surface area contributed by atoms with Crippen LogP contribution in [0.5, 0.6) is 5.75 Å². The number of benzene rings is 2. The van der Waals surface area contributed by atoms with Crippen LogP contribution in [0.4, 0.5) is 0 Å². The first-order valence-corrected chi connectivity index (χ1v) is 7.81. The van der Waals surface area contributed by atoms with Gasteiger partial charge < -0.3 is 10.5 Å². The van der Waals surface area contributed by atoms with Gasteiger partial charge >= 0.3 is 0 Å². The van der Waals surface area contributed by atoms with Crippen LogP contribution < -0.4 is 10.5 Å². The van der Waals surface area contributed by atoms with Gasteiger partial charge in [0, 0.05) is 0 Å². The molecule has 0 fully saturated rings. The Hall–Kier alpha value is -2.10. The molecule has 0 saturated heterocycles. The fourth-order valence-corrected chi connectivity index (χ4v) is 2.88. The van der Waals surface area contributed by atoms with E-state index in [1.807, 2.05) is 47.8 Å². The molecular weight excluding hydrogens is 278 g/mol. The van der Waals surface area contributed by atoms with Crippen LogP contribution in [0.3, 0.4) is 0 Å². The van der Waals surface area contributed by atoms with Crippen molar-refractivity contribution in [1.82, 2.24) is 0 Å². The van der Waals surface area contributed by atoms with Crippen molar-refractivity contribution in [3.05, 3.63) is 88.1 Å². The Kier molecular flexibility index (Phi) is 4.34. The zero-order valence-corrected chi connectivity index (χ0v) is 12.4. The molecule has 1 aromatic heterocycles. The Labute approximate surface area is 128 Å². The summed E-state index contributed by atoms with van der Waals surface area (Å²) in [5, 5.41) is 4.13. The molecule has 0 bridgehead atoms. The van der Waals surface area contributed by atoms with Crippen molar-refractivity contribution in [3.8, 4) is 5.75 Å². The molecule has 0 aliphatic carbocycles. The van der Waals surface area contributed by atoms with Crippen molar-refractivity contribution in [1.29, 1.82) is 0 Å². The van der Waals surface area contributed by atoms with Crippen molar-refractivity contribution in [3.63, 3.8) is 0 Å². The molecular formula is C18H17NOS. The molecule has 106 valence electrons. The van der Waals surface area contributed by atoms with E-state index in [0.29, 0.717) is 6.61 Å². The summed E-state index contributed by atoms with van der Waals surface area (Å²) in [5.74, 6) is 0.849. The summed E-state index contributed by atoms with van der Waals surface area (Å²) >= 11 is 1.66. The lowest BCUT2D eigenvalue weighted by Crippen LogP contribution is -2.10. The van der Waals surface area contributed by atoms with Gasteiger partial charge in [0.05, 0.1) is 6.04 Å². The van der Waals surface area contributed by atoms with Crippen LogP contribution >= 0.6 is 11.3 Å². The van der Waals surface area contributed by atoms with Gasteiger partial charge in [-0.2, -0.15) is 11.3 Å². The quantitative estimate of drug-likeness (QED) is 0.758. The van der Waals surface area contributed by atoms with E-state index in [0.717, 1.165) is 22.4 Å². The fourth-order valence-electron chi connectivity index (χ4n) is 2.18. The van der Waals surface area contributed by atoms with Crippen LogP contribution in [0.25, 0.3) is 0 Å². The Morgan fingerprint density at radius 1 is 0.952 bits per heavy atom. The highest BCUT2D eigenvalue weighted by Gasteiger charge is 2.10. The lowest BCUT2D eigenvalue weighted by atomic mass is 10.0. The molecule has 1 atom stereocenters. The number of rotatable bonds is 5. The van der Waals surface area contributed by atoms with Crippen LogP contribution in [0.1, 0.15) is 22.7 Å². The highest BCUT2D eigenvalue weighted by molar-refractivity contribution is 7.08. The Morgan fingerprint density at radius 3 is 2.57 bits per heavy atom.